The zero-order valence-corrected chi connectivity index (χ0v) is 17.0. The van der Waals surface area contributed by atoms with Gasteiger partial charge in [0.25, 0.3) is 0 Å². The standard InChI is InChI=1S/C22H36/c1-13-14(2)20(9,10)22(12)17(5)15(3)21(11,19(13,7)8)16(4)18(22)6/h1-12H3/b14-13-. The monoisotopic (exact) mass is 300 g/mol. The van der Waals surface area contributed by atoms with Gasteiger partial charge in [-0.3, -0.25) is 0 Å². The molecular weight excluding hydrogens is 264 g/mol. The molecule has 0 saturated carbocycles. The van der Waals surface area contributed by atoms with Gasteiger partial charge in [0.15, 0.2) is 0 Å². The number of hydrogen-bond acceptors (Lipinski definition) is 0. The molecule has 0 aliphatic heterocycles. The molecule has 0 radical (unpaired) electrons. The quantitative estimate of drug-likeness (QED) is 0.419. The second-order valence-electron chi connectivity index (χ2n) is 9.25. The maximum Gasteiger partial charge on any atom is 0.0181 e. The average Bonchev–Trinajstić information content (AvgIpc) is 2.45. The van der Waals surface area contributed by atoms with Gasteiger partial charge in [-0.2, -0.15) is 0 Å². The second-order valence-corrected chi connectivity index (χ2v) is 9.25. The summed E-state index contributed by atoms with van der Waals surface area (Å²) in [5.41, 5.74) is 9.98. The van der Waals surface area contributed by atoms with Crippen LogP contribution in [0.1, 0.15) is 83.1 Å². The van der Waals surface area contributed by atoms with E-state index in [0.717, 1.165) is 0 Å². The maximum atomic E-state index is 2.47. The molecular formula is C22H36. The van der Waals surface area contributed by atoms with Crippen molar-refractivity contribution in [3.05, 3.63) is 33.4 Å². The highest BCUT2D eigenvalue weighted by Crippen LogP contribution is 2.68. The van der Waals surface area contributed by atoms with Crippen LogP contribution < -0.4 is 0 Å². The predicted octanol–water partition coefficient (Wildman–Crippen LogP) is 7.09. The maximum absolute atomic E-state index is 2.47. The Bertz CT molecular complexity index is 549. The topological polar surface area (TPSA) is 0 Å². The molecule has 0 aromatic heterocycles. The third-order valence-corrected chi connectivity index (χ3v) is 9.06. The summed E-state index contributed by atoms with van der Waals surface area (Å²) in [7, 11) is 0. The van der Waals surface area contributed by atoms with Crippen LogP contribution in [0.3, 0.4) is 0 Å². The molecule has 3 rings (SSSR count). The molecule has 0 unspecified atom stereocenters. The third-order valence-electron chi connectivity index (χ3n) is 9.06. The number of rotatable bonds is 0. The second kappa shape index (κ2) is 4.40. The first-order chi connectivity index (χ1) is 9.70. The number of allylic oxidation sites excluding steroid dienone is 6. The molecule has 0 heterocycles. The number of hydrogen-bond donors (Lipinski definition) is 0. The minimum absolute atomic E-state index is 0.114. The summed E-state index contributed by atoms with van der Waals surface area (Å²) in [6.45, 7) is 29.0. The highest BCUT2D eigenvalue weighted by atomic mass is 14.6. The van der Waals surface area contributed by atoms with Crippen LogP contribution in [0.2, 0.25) is 0 Å². The summed E-state index contributed by atoms with van der Waals surface area (Å²) in [5.74, 6) is 0. The van der Waals surface area contributed by atoms with Gasteiger partial charge in [0.1, 0.15) is 0 Å². The Morgan fingerprint density at radius 3 is 0.727 bits per heavy atom. The molecule has 0 aromatic rings. The van der Waals surface area contributed by atoms with Gasteiger partial charge in [-0.15, -0.1) is 0 Å². The first-order valence-corrected chi connectivity index (χ1v) is 8.75. The van der Waals surface area contributed by atoms with Crippen molar-refractivity contribution in [3.8, 4) is 0 Å². The Kier molecular flexibility index (Phi) is 3.51. The van der Waals surface area contributed by atoms with Crippen molar-refractivity contribution in [2.24, 2.45) is 21.7 Å². The Hall–Kier alpha value is -0.780. The molecule has 0 nitrogen and oxygen atoms in total. The van der Waals surface area contributed by atoms with Gasteiger partial charge in [-0.1, -0.05) is 75.0 Å². The minimum atomic E-state index is 0.114. The molecule has 0 heteroatoms. The summed E-state index contributed by atoms with van der Waals surface area (Å²) >= 11 is 0. The fraction of sp³-hybridized carbons (Fsp3) is 0.727. The molecule has 0 aromatic carbocycles. The predicted molar refractivity (Wildman–Crippen MR) is 98.9 cm³/mol. The van der Waals surface area contributed by atoms with Crippen LogP contribution in [0.15, 0.2) is 33.4 Å². The third kappa shape index (κ3) is 1.50. The Morgan fingerprint density at radius 1 is 0.364 bits per heavy atom. The molecule has 0 spiro atoms. The Labute approximate surface area is 138 Å². The van der Waals surface area contributed by atoms with Crippen LogP contribution in [-0.4, -0.2) is 0 Å². The largest absolute Gasteiger partial charge is 0.0670 e. The van der Waals surface area contributed by atoms with Crippen molar-refractivity contribution in [2.75, 3.05) is 0 Å². The van der Waals surface area contributed by atoms with E-state index in [0.29, 0.717) is 0 Å². The lowest BCUT2D eigenvalue weighted by molar-refractivity contribution is 0.135. The van der Waals surface area contributed by atoms with Crippen molar-refractivity contribution in [1.29, 1.82) is 0 Å². The first-order valence-electron chi connectivity index (χ1n) is 8.75. The van der Waals surface area contributed by atoms with Gasteiger partial charge in [0.05, 0.1) is 0 Å². The van der Waals surface area contributed by atoms with E-state index in [1.165, 1.54) is 0 Å². The lowest BCUT2D eigenvalue weighted by Crippen LogP contribution is -2.51. The van der Waals surface area contributed by atoms with Crippen LogP contribution in [0.25, 0.3) is 0 Å². The van der Waals surface area contributed by atoms with Gasteiger partial charge in [0, 0.05) is 10.8 Å². The van der Waals surface area contributed by atoms with Gasteiger partial charge < -0.3 is 0 Å². The van der Waals surface area contributed by atoms with E-state index in [4.69, 9.17) is 0 Å². The van der Waals surface area contributed by atoms with Crippen LogP contribution in [0.4, 0.5) is 0 Å². The van der Waals surface area contributed by atoms with Crippen LogP contribution in [0, 0.1) is 21.7 Å². The minimum Gasteiger partial charge on any atom is -0.0670 e. The average molecular weight is 301 g/mol. The molecule has 2 bridgehead atoms. The fourth-order valence-electron chi connectivity index (χ4n) is 5.62. The van der Waals surface area contributed by atoms with Crippen molar-refractivity contribution < 1.29 is 0 Å². The summed E-state index contributed by atoms with van der Waals surface area (Å²) in [5, 5.41) is 0. The van der Waals surface area contributed by atoms with Crippen molar-refractivity contribution >= 4 is 0 Å². The Balaban J connectivity index is 3.10. The highest BCUT2D eigenvalue weighted by Gasteiger charge is 2.58. The lowest BCUT2D eigenvalue weighted by atomic mass is 9.42. The molecule has 22 heavy (non-hydrogen) atoms. The molecule has 0 atom stereocenters. The number of fused-ring (bicyclic) bond motifs is 2. The van der Waals surface area contributed by atoms with Crippen molar-refractivity contribution in [3.63, 3.8) is 0 Å². The van der Waals surface area contributed by atoms with E-state index in [1.807, 2.05) is 0 Å². The van der Waals surface area contributed by atoms with Gasteiger partial charge in [-0.25, -0.2) is 0 Å². The smallest absolute Gasteiger partial charge is 0.0181 e. The van der Waals surface area contributed by atoms with Crippen LogP contribution >= 0.6 is 0 Å². The van der Waals surface area contributed by atoms with Crippen molar-refractivity contribution in [1.82, 2.24) is 0 Å². The van der Waals surface area contributed by atoms with E-state index in [1.54, 1.807) is 33.4 Å². The van der Waals surface area contributed by atoms with Crippen LogP contribution in [-0.2, 0) is 0 Å². The van der Waals surface area contributed by atoms with E-state index in [9.17, 15) is 0 Å². The molecule has 0 amide bonds. The van der Waals surface area contributed by atoms with Crippen molar-refractivity contribution in [2.45, 2.75) is 83.1 Å². The van der Waals surface area contributed by atoms with E-state index in [-0.39, 0.29) is 21.7 Å². The highest BCUT2D eigenvalue weighted by molar-refractivity contribution is 5.54. The summed E-state index contributed by atoms with van der Waals surface area (Å²) in [6.07, 6.45) is 0. The zero-order valence-electron chi connectivity index (χ0n) is 17.0. The van der Waals surface area contributed by atoms with E-state index >= 15 is 0 Å². The SMILES string of the molecule is CC1=C(C)C2(C)C(C)=C(C)C1(C)C(C)(C)/C(C)=C(/C)C2(C)C. The summed E-state index contributed by atoms with van der Waals surface area (Å²) in [4.78, 5) is 0. The van der Waals surface area contributed by atoms with Crippen LogP contribution in [0.5, 0.6) is 0 Å². The molecule has 0 saturated heterocycles. The van der Waals surface area contributed by atoms with Gasteiger partial charge in [-0.05, 0) is 52.4 Å². The molecule has 124 valence electrons. The zero-order chi connectivity index (χ0) is 17.5. The van der Waals surface area contributed by atoms with Gasteiger partial charge in [0.2, 0.25) is 0 Å². The Morgan fingerprint density at radius 2 is 0.545 bits per heavy atom. The summed E-state index contributed by atoms with van der Waals surface area (Å²) < 4.78 is 0. The van der Waals surface area contributed by atoms with E-state index < -0.39 is 0 Å². The van der Waals surface area contributed by atoms with Gasteiger partial charge >= 0.3 is 0 Å². The normalized spacial score (nSPS) is 40.9. The van der Waals surface area contributed by atoms with E-state index in [2.05, 4.69) is 83.1 Å². The molecule has 3 aliphatic rings. The summed E-state index contributed by atoms with van der Waals surface area (Å²) in [6, 6.07) is 0. The fourth-order valence-corrected chi connectivity index (χ4v) is 5.62. The first kappa shape index (κ1) is 17.6. The molecule has 0 N–H and O–H groups in total. The molecule has 3 aliphatic carbocycles. The lowest BCUT2D eigenvalue weighted by Gasteiger charge is -2.61. The molecule has 0 fully saturated rings.